The molecule has 1 aliphatic rings. The molecule has 1 saturated heterocycles. The van der Waals surface area contributed by atoms with Crippen LogP contribution in [0.2, 0.25) is 0 Å². The summed E-state index contributed by atoms with van der Waals surface area (Å²) in [6.45, 7) is 3.22. The van der Waals surface area contributed by atoms with Gasteiger partial charge in [-0.3, -0.25) is 4.79 Å². The fourth-order valence-electron chi connectivity index (χ4n) is 4.15. The van der Waals surface area contributed by atoms with Crippen LogP contribution in [0.3, 0.4) is 0 Å². The van der Waals surface area contributed by atoms with Crippen molar-refractivity contribution in [2.75, 3.05) is 24.5 Å². The zero-order chi connectivity index (χ0) is 24.6. The highest BCUT2D eigenvalue weighted by molar-refractivity contribution is 6.06. The molecule has 1 amide bonds. The predicted molar refractivity (Wildman–Crippen MR) is 121 cm³/mol. The van der Waals surface area contributed by atoms with Crippen LogP contribution < -0.4 is 4.90 Å². The largest absolute Gasteiger partial charge is 0.434 e. The van der Waals surface area contributed by atoms with Gasteiger partial charge in [0.05, 0.1) is 23.5 Å². The molecule has 1 fully saturated rings. The van der Waals surface area contributed by atoms with Gasteiger partial charge in [0.2, 0.25) is 0 Å². The Balaban J connectivity index is 1.44. The van der Waals surface area contributed by atoms with Gasteiger partial charge in [-0.05, 0) is 31.5 Å². The molecule has 5 rings (SSSR count). The summed E-state index contributed by atoms with van der Waals surface area (Å²) in [6.07, 6.45) is 2.87. The van der Waals surface area contributed by atoms with Gasteiger partial charge in [-0.25, -0.2) is 24.5 Å². The molecule has 180 valence electrons. The molecule has 0 aromatic carbocycles. The third-order valence-corrected chi connectivity index (χ3v) is 6.00. The maximum absolute atomic E-state index is 13.9. The van der Waals surface area contributed by atoms with E-state index in [2.05, 4.69) is 25.0 Å². The summed E-state index contributed by atoms with van der Waals surface area (Å²) in [5.74, 6) is 0.485. The summed E-state index contributed by atoms with van der Waals surface area (Å²) in [7, 11) is 0. The molecule has 1 atom stereocenters. The van der Waals surface area contributed by atoms with Gasteiger partial charge in [-0.15, -0.1) is 0 Å². The molecule has 12 heteroatoms. The summed E-state index contributed by atoms with van der Waals surface area (Å²) in [5.41, 5.74) is 0.405. The number of hydrogen-bond donors (Lipinski definition) is 0. The van der Waals surface area contributed by atoms with Crippen molar-refractivity contribution in [1.29, 1.82) is 0 Å². The number of carbonyl (C=O) groups is 1. The number of anilines is 1. The van der Waals surface area contributed by atoms with Gasteiger partial charge in [-0.2, -0.15) is 18.3 Å². The van der Waals surface area contributed by atoms with E-state index in [0.717, 1.165) is 12.4 Å². The second-order valence-electron chi connectivity index (χ2n) is 8.21. The minimum atomic E-state index is -4.55. The highest BCUT2D eigenvalue weighted by atomic mass is 19.4. The molecule has 4 aromatic rings. The van der Waals surface area contributed by atoms with E-state index >= 15 is 0 Å². The first-order valence-corrected chi connectivity index (χ1v) is 11.0. The van der Waals surface area contributed by atoms with Crippen molar-refractivity contribution in [3.63, 3.8) is 0 Å². The van der Waals surface area contributed by atoms with E-state index in [1.54, 1.807) is 34.1 Å². The number of rotatable bonds is 3. The smallest absolute Gasteiger partial charge is 0.353 e. The number of halogens is 3. The number of amides is 1. The Morgan fingerprint density at radius 2 is 1.80 bits per heavy atom. The average Bonchev–Trinajstić information content (AvgIpc) is 3.14. The van der Waals surface area contributed by atoms with E-state index in [0.29, 0.717) is 54.5 Å². The third kappa shape index (κ3) is 4.38. The van der Waals surface area contributed by atoms with Crippen LogP contribution >= 0.6 is 0 Å². The Morgan fingerprint density at radius 1 is 1.00 bits per heavy atom. The summed E-state index contributed by atoms with van der Waals surface area (Å²) in [6, 6.07) is 7.04. The SMILES string of the molecule is C[C@@H]1CCN(c2cnc(C(F)(F)F)cn2)CCN1C(=O)c1c(-c2ncccn2)nn2ccccc12. The normalized spacial score (nSPS) is 17.0. The third-order valence-electron chi connectivity index (χ3n) is 6.00. The Kier molecular flexibility index (Phi) is 5.79. The number of fused-ring (bicyclic) bond motifs is 1. The second-order valence-corrected chi connectivity index (χ2v) is 8.21. The zero-order valence-electron chi connectivity index (χ0n) is 18.7. The molecule has 5 heterocycles. The van der Waals surface area contributed by atoms with Crippen LogP contribution in [-0.2, 0) is 6.18 Å². The Bertz CT molecular complexity index is 1340. The highest BCUT2D eigenvalue weighted by Crippen LogP contribution is 2.29. The molecule has 0 radical (unpaired) electrons. The van der Waals surface area contributed by atoms with Crippen LogP contribution in [0, 0.1) is 0 Å². The van der Waals surface area contributed by atoms with Crippen LogP contribution in [0.15, 0.2) is 55.2 Å². The lowest BCUT2D eigenvalue weighted by atomic mass is 10.1. The van der Waals surface area contributed by atoms with Crippen LogP contribution in [0.1, 0.15) is 29.4 Å². The lowest BCUT2D eigenvalue weighted by molar-refractivity contribution is -0.141. The van der Waals surface area contributed by atoms with Gasteiger partial charge < -0.3 is 9.80 Å². The van der Waals surface area contributed by atoms with E-state index in [9.17, 15) is 18.0 Å². The molecular weight excluding hydrogens is 461 g/mol. The first-order chi connectivity index (χ1) is 16.8. The number of carbonyl (C=O) groups excluding carboxylic acids is 1. The van der Waals surface area contributed by atoms with E-state index in [-0.39, 0.29) is 11.9 Å². The van der Waals surface area contributed by atoms with Gasteiger partial charge in [0.1, 0.15) is 11.5 Å². The quantitative estimate of drug-likeness (QED) is 0.442. The minimum absolute atomic E-state index is 0.127. The number of pyridine rings is 1. The monoisotopic (exact) mass is 482 g/mol. The Hall–Kier alpha value is -4.09. The molecule has 0 aliphatic carbocycles. The number of nitrogens with zero attached hydrogens (tertiary/aromatic N) is 8. The molecule has 35 heavy (non-hydrogen) atoms. The van der Waals surface area contributed by atoms with Crippen LogP contribution in [0.5, 0.6) is 0 Å². The maximum Gasteiger partial charge on any atom is 0.434 e. The first kappa shape index (κ1) is 22.7. The number of aromatic nitrogens is 6. The molecule has 0 spiro atoms. The van der Waals surface area contributed by atoms with Crippen LogP contribution in [0.25, 0.3) is 17.0 Å². The fraction of sp³-hybridized carbons (Fsp3) is 0.304. The molecule has 1 aliphatic heterocycles. The average molecular weight is 482 g/mol. The first-order valence-electron chi connectivity index (χ1n) is 11.0. The molecule has 0 saturated carbocycles. The summed E-state index contributed by atoms with van der Waals surface area (Å²) >= 11 is 0. The van der Waals surface area contributed by atoms with E-state index in [1.807, 2.05) is 30.0 Å². The number of hydrogen-bond acceptors (Lipinski definition) is 7. The van der Waals surface area contributed by atoms with Gasteiger partial charge >= 0.3 is 6.18 Å². The minimum Gasteiger partial charge on any atom is -0.353 e. The van der Waals surface area contributed by atoms with Crippen molar-refractivity contribution >= 4 is 17.2 Å². The van der Waals surface area contributed by atoms with Crippen molar-refractivity contribution in [2.24, 2.45) is 0 Å². The van der Waals surface area contributed by atoms with Gasteiger partial charge in [0.25, 0.3) is 5.91 Å². The van der Waals surface area contributed by atoms with Gasteiger partial charge in [-0.1, -0.05) is 6.07 Å². The summed E-state index contributed by atoms with van der Waals surface area (Å²) in [5, 5.41) is 4.56. The van der Waals surface area contributed by atoms with E-state index in [1.165, 1.54) is 0 Å². The van der Waals surface area contributed by atoms with Gasteiger partial charge in [0, 0.05) is 44.3 Å². The van der Waals surface area contributed by atoms with Crippen molar-refractivity contribution in [1.82, 2.24) is 34.4 Å². The van der Waals surface area contributed by atoms with Crippen molar-refractivity contribution < 1.29 is 18.0 Å². The second kappa shape index (κ2) is 8.93. The maximum atomic E-state index is 13.9. The van der Waals surface area contributed by atoms with Gasteiger partial charge in [0.15, 0.2) is 11.5 Å². The lowest BCUT2D eigenvalue weighted by Crippen LogP contribution is -2.40. The topological polar surface area (TPSA) is 92.4 Å². The predicted octanol–water partition coefficient (Wildman–Crippen LogP) is 3.34. The summed E-state index contributed by atoms with van der Waals surface area (Å²) < 4.78 is 40.2. The summed E-state index contributed by atoms with van der Waals surface area (Å²) in [4.78, 5) is 33.5. The zero-order valence-corrected chi connectivity index (χ0v) is 18.7. The van der Waals surface area contributed by atoms with Crippen LogP contribution in [0.4, 0.5) is 19.0 Å². The van der Waals surface area contributed by atoms with Crippen LogP contribution in [-0.4, -0.2) is 66.0 Å². The highest BCUT2D eigenvalue weighted by Gasteiger charge is 2.34. The van der Waals surface area contributed by atoms with E-state index in [4.69, 9.17) is 0 Å². The molecule has 0 unspecified atom stereocenters. The fourth-order valence-corrected chi connectivity index (χ4v) is 4.15. The molecular formula is C23H21F3N8O. The Morgan fingerprint density at radius 3 is 2.51 bits per heavy atom. The lowest BCUT2D eigenvalue weighted by Gasteiger charge is -2.27. The van der Waals surface area contributed by atoms with Crippen molar-refractivity contribution in [2.45, 2.75) is 25.6 Å². The Labute approximate surface area is 198 Å². The van der Waals surface area contributed by atoms with E-state index < -0.39 is 11.9 Å². The van der Waals surface area contributed by atoms with Crippen molar-refractivity contribution in [3.05, 3.63) is 66.5 Å². The standard InChI is InChI=1S/C23H21F3N8O/c1-15-6-10-32(18-14-29-17(13-30-18)23(24,25)26)11-12-33(15)22(35)19-16-5-2-3-9-34(16)31-20(19)21-27-7-4-8-28-21/h2-5,7-9,13-15H,6,10-12H2,1H3/t15-/m1/s1. The molecule has 4 aromatic heterocycles. The van der Waals surface area contributed by atoms with Crippen molar-refractivity contribution in [3.8, 4) is 11.5 Å². The number of alkyl halides is 3. The molecule has 9 nitrogen and oxygen atoms in total. The molecule has 0 N–H and O–H groups in total. The molecule has 0 bridgehead atoms.